The number of piperazine rings is 1. The Kier molecular flexibility index (Phi) is 5.19. The Morgan fingerprint density at radius 3 is 2.68 bits per heavy atom. The van der Waals surface area contributed by atoms with Gasteiger partial charge in [-0.2, -0.15) is 5.26 Å². The van der Waals surface area contributed by atoms with E-state index in [4.69, 9.17) is 5.26 Å². The molecule has 1 atom stereocenters. The van der Waals surface area contributed by atoms with Gasteiger partial charge in [0.2, 0.25) is 0 Å². The summed E-state index contributed by atoms with van der Waals surface area (Å²) in [7, 11) is 0. The van der Waals surface area contributed by atoms with Crippen LogP contribution in [-0.2, 0) is 0 Å². The number of nitriles is 1. The van der Waals surface area contributed by atoms with Crippen LogP contribution in [-0.4, -0.2) is 47.9 Å². The van der Waals surface area contributed by atoms with Gasteiger partial charge in [-0.1, -0.05) is 6.92 Å². The summed E-state index contributed by atoms with van der Waals surface area (Å²) in [4.78, 5) is 16.3. The number of rotatable bonds is 3. The lowest BCUT2D eigenvalue weighted by Gasteiger charge is -2.36. The average molecular weight is 389 g/mol. The summed E-state index contributed by atoms with van der Waals surface area (Å²) >= 11 is 3.83. The summed E-state index contributed by atoms with van der Waals surface area (Å²) < 4.78 is 1.13. The normalized spacial score (nSPS) is 18.1. The summed E-state index contributed by atoms with van der Waals surface area (Å²) in [6, 6.07) is 4.24. The highest BCUT2D eigenvalue weighted by Crippen LogP contribution is 2.19. The maximum atomic E-state index is 12.3. The van der Waals surface area contributed by atoms with Crippen LogP contribution in [0.3, 0.4) is 0 Å². The SMILES string of the molecule is CCC(C#N)N1CCN(C(=O)c2csc(I)c2)CC1. The summed E-state index contributed by atoms with van der Waals surface area (Å²) in [5.74, 6) is 0.115. The van der Waals surface area contributed by atoms with Crippen molar-refractivity contribution in [2.45, 2.75) is 19.4 Å². The molecule has 0 radical (unpaired) electrons. The molecule has 1 aliphatic rings. The van der Waals surface area contributed by atoms with E-state index in [1.807, 2.05) is 23.3 Å². The summed E-state index contributed by atoms with van der Waals surface area (Å²) in [5.41, 5.74) is 0.787. The lowest BCUT2D eigenvalue weighted by atomic mass is 10.1. The molecule has 6 heteroatoms. The predicted octanol–water partition coefficient (Wildman–Crippen LogP) is 2.41. The number of thiophene rings is 1. The van der Waals surface area contributed by atoms with Gasteiger partial charge >= 0.3 is 0 Å². The molecule has 19 heavy (non-hydrogen) atoms. The van der Waals surface area contributed by atoms with Crippen LogP contribution >= 0.6 is 33.9 Å². The van der Waals surface area contributed by atoms with Crippen LogP contribution in [0.4, 0.5) is 0 Å². The number of hydrogen-bond acceptors (Lipinski definition) is 4. The molecule has 1 aromatic heterocycles. The number of hydrogen-bond donors (Lipinski definition) is 0. The Hall–Kier alpha value is -0.650. The van der Waals surface area contributed by atoms with Crippen LogP contribution in [0, 0.1) is 14.2 Å². The molecule has 0 N–H and O–H groups in total. The molecule has 1 amide bonds. The quantitative estimate of drug-likeness (QED) is 0.747. The molecule has 2 rings (SSSR count). The van der Waals surface area contributed by atoms with Crippen LogP contribution in [0.2, 0.25) is 0 Å². The second-order valence-corrected chi connectivity index (χ2v) is 7.33. The molecule has 0 saturated carbocycles. The first-order chi connectivity index (χ1) is 9.15. The van der Waals surface area contributed by atoms with Crippen molar-refractivity contribution in [3.05, 3.63) is 19.9 Å². The fourth-order valence-corrected chi connectivity index (χ4v) is 3.59. The Balaban J connectivity index is 1.93. The lowest BCUT2D eigenvalue weighted by molar-refractivity contribution is 0.0605. The molecule has 0 bridgehead atoms. The Morgan fingerprint density at radius 1 is 1.53 bits per heavy atom. The van der Waals surface area contributed by atoms with Crippen LogP contribution in [0.15, 0.2) is 11.4 Å². The molecule has 0 spiro atoms. The fraction of sp³-hybridized carbons (Fsp3) is 0.538. The molecular formula is C13H16IN3OS. The van der Waals surface area contributed by atoms with E-state index >= 15 is 0 Å². The number of carbonyl (C=O) groups is 1. The monoisotopic (exact) mass is 389 g/mol. The highest BCUT2D eigenvalue weighted by molar-refractivity contribution is 14.1. The maximum Gasteiger partial charge on any atom is 0.254 e. The van der Waals surface area contributed by atoms with Crippen LogP contribution in [0.25, 0.3) is 0 Å². The summed E-state index contributed by atoms with van der Waals surface area (Å²) in [5, 5.41) is 11.0. The fourth-order valence-electron chi connectivity index (χ4n) is 2.27. The molecule has 1 aliphatic heterocycles. The van der Waals surface area contributed by atoms with E-state index in [9.17, 15) is 4.79 Å². The second kappa shape index (κ2) is 6.68. The standard InChI is InChI=1S/C13H16IN3OS/c1-2-11(8-15)16-3-5-17(6-4-16)13(18)10-7-12(14)19-9-10/h7,9,11H,2-6H2,1H3. The molecule has 2 heterocycles. The van der Waals surface area contributed by atoms with E-state index in [1.54, 1.807) is 11.3 Å². The first-order valence-electron chi connectivity index (χ1n) is 6.32. The number of halogens is 1. The topological polar surface area (TPSA) is 47.3 Å². The molecule has 1 unspecified atom stereocenters. The van der Waals surface area contributed by atoms with Gasteiger partial charge in [-0.3, -0.25) is 9.69 Å². The average Bonchev–Trinajstić information content (AvgIpc) is 2.87. The molecule has 0 aliphatic carbocycles. The number of carbonyl (C=O) groups excluding carboxylic acids is 1. The van der Waals surface area contributed by atoms with E-state index in [0.717, 1.165) is 28.0 Å². The van der Waals surface area contributed by atoms with Crippen molar-refractivity contribution in [2.24, 2.45) is 0 Å². The van der Waals surface area contributed by atoms with Crippen LogP contribution in [0.5, 0.6) is 0 Å². The first kappa shape index (κ1) is 14.8. The van der Waals surface area contributed by atoms with Crippen molar-refractivity contribution in [1.29, 1.82) is 5.26 Å². The van der Waals surface area contributed by atoms with Gasteiger partial charge in [0.1, 0.15) is 0 Å². The third kappa shape index (κ3) is 3.46. The van der Waals surface area contributed by atoms with Gasteiger partial charge in [-0.25, -0.2) is 0 Å². The van der Waals surface area contributed by atoms with Gasteiger partial charge in [0, 0.05) is 31.6 Å². The van der Waals surface area contributed by atoms with Crippen molar-refractivity contribution >= 4 is 39.8 Å². The van der Waals surface area contributed by atoms with Gasteiger partial charge in [0.25, 0.3) is 5.91 Å². The summed E-state index contributed by atoms with van der Waals surface area (Å²) in [6.07, 6.45) is 0.840. The summed E-state index contributed by atoms with van der Waals surface area (Å²) in [6.45, 7) is 5.03. The van der Waals surface area contributed by atoms with Gasteiger partial charge in [-0.05, 0) is 35.1 Å². The number of amides is 1. The first-order valence-corrected chi connectivity index (χ1v) is 8.28. The minimum atomic E-state index is -0.0145. The van der Waals surface area contributed by atoms with Gasteiger partial charge in [0.15, 0.2) is 0 Å². The van der Waals surface area contributed by atoms with Crippen molar-refractivity contribution in [1.82, 2.24) is 9.80 Å². The molecular weight excluding hydrogens is 373 g/mol. The van der Waals surface area contributed by atoms with Gasteiger partial charge in [-0.15, -0.1) is 11.3 Å². The minimum absolute atomic E-state index is 0.0145. The van der Waals surface area contributed by atoms with Crippen LogP contribution in [0.1, 0.15) is 23.7 Å². The molecule has 1 fully saturated rings. The van der Waals surface area contributed by atoms with E-state index in [1.165, 1.54) is 0 Å². The minimum Gasteiger partial charge on any atom is -0.336 e. The number of nitrogens with zero attached hydrogens (tertiary/aromatic N) is 3. The van der Waals surface area contributed by atoms with Crippen molar-refractivity contribution in [3.8, 4) is 6.07 Å². The van der Waals surface area contributed by atoms with Crippen molar-refractivity contribution in [2.75, 3.05) is 26.2 Å². The molecule has 4 nitrogen and oxygen atoms in total. The van der Waals surface area contributed by atoms with Crippen molar-refractivity contribution < 1.29 is 4.79 Å². The largest absolute Gasteiger partial charge is 0.336 e. The Morgan fingerprint density at radius 2 is 2.21 bits per heavy atom. The van der Waals surface area contributed by atoms with E-state index in [2.05, 4.69) is 33.6 Å². The zero-order valence-corrected chi connectivity index (χ0v) is 13.8. The van der Waals surface area contributed by atoms with Crippen LogP contribution < -0.4 is 0 Å². The molecule has 102 valence electrons. The predicted molar refractivity (Wildman–Crippen MR) is 84.2 cm³/mol. The third-order valence-corrected chi connectivity index (χ3v) is 5.18. The van der Waals surface area contributed by atoms with Gasteiger partial charge < -0.3 is 4.90 Å². The zero-order valence-electron chi connectivity index (χ0n) is 10.8. The highest BCUT2D eigenvalue weighted by Gasteiger charge is 2.26. The van der Waals surface area contributed by atoms with Crippen molar-refractivity contribution in [3.63, 3.8) is 0 Å². The van der Waals surface area contributed by atoms with E-state index in [-0.39, 0.29) is 11.9 Å². The van der Waals surface area contributed by atoms with E-state index < -0.39 is 0 Å². The molecule has 0 aromatic carbocycles. The highest BCUT2D eigenvalue weighted by atomic mass is 127. The third-order valence-electron chi connectivity index (χ3n) is 3.39. The molecule has 1 saturated heterocycles. The maximum absolute atomic E-state index is 12.3. The Bertz CT molecular complexity index is 488. The van der Waals surface area contributed by atoms with Gasteiger partial charge in [0.05, 0.1) is 20.6 Å². The van der Waals surface area contributed by atoms with E-state index in [0.29, 0.717) is 13.1 Å². The zero-order chi connectivity index (χ0) is 13.8. The molecule has 1 aromatic rings. The Labute approximate surface area is 131 Å². The smallest absolute Gasteiger partial charge is 0.254 e. The lowest BCUT2D eigenvalue weighted by Crippen LogP contribution is -2.51. The second-order valence-electron chi connectivity index (χ2n) is 4.52.